The number of sulfonamides is 1. The van der Waals surface area contributed by atoms with E-state index in [1.165, 1.54) is 6.92 Å². The van der Waals surface area contributed by atoms with Gasteiger partial charge in [-0.25, -0.2) is 26.3 Å². The summed E-state index contributed by atoms with van der Waals surface area (Å²) < 4.78 is 64.4. The summed E-state index contributed by atoms with van der Waals surface area (Å²) in [6.45, 7) is -0.715. The lowest BCUT2D eigenvalue weighted by Gasteiger charge is -2.15. The predicted molar refractivity (Wildman–Crippen MR) is 75.3 cm³/mol. The highest BCUT2D eigenvalue weighted by atomic mass is 79.9. The Morgan fingerprint density at radius 3 is 2.45 bits per heavy atom. The van der Waals surface area contributed by atoms with E-state index < -0.39 is 34.9 Å². The third kappa shape index (κ3) is 4.88. The molecule has 1 rings (SSSR count). The molecule has 0 unspecified atom stereocenters. The van der Waals surface area contributed by atoms with E-state index in [1.807, 2.05) is 0 Å². The minimum atomic E-state index is -4.16. The van der Waals surface area contributed by atoms with Crippen molar-refractivity contribution < 1.29 is 21.6 Å². The number of nitrogens with two attached hydrogens (primary N) is 1. The van der Waals surface area contributed by atoms with Crippen molar-refractivity contribution in [3.8, 4) is 0 Å². The lowest BCUT2D eigenvalue weighted by atomic mass is 10.2. The molecule has 10 heteroatoms. The summed E-state index contributed by atoms with van der Waals surface area (Å²) >= 11 is 2.84. The average Bonchev–Trinajstić information content (AvgIpc) is 2.31. The second-order valence-electron chi connectivity index (χ2n) is 3.92. The summed E-state index contributed by atoms with van der Waals surface area (Å²) in [4.78, 5) is -0.270. The highest BCUT2D eigenvalue weighted by Crippen LogP contribution is 2.24. The molecule has 0 bridgehead atoms. The van der Waals surface area contributed by atoms with Gasteiger partial charge in [0.15, 0.2) is 0 Å². The molecule has 4 nitrogen and oxygen atoms in total. The van der Waals surface area contributed by atoms with Gasteiger partial charge in [0.25, 0.3) is 5.92 Å². The second-order valence-corrected chi connectivity index (χ2v) is 6.51. The summed E-state index contributed by atoms with van der Waals surface area (Å²) in [5, 5.41) is 0. The van der Waals surface area contributed by atoms with Gasteiger partial charge in [0, 0.05) is 0 Å². The molecule has 0 aromatic heterocycles. The van der Waals surface area contributed by atoms with Gasteiger partial charge in [0.05, 0.1) is 22.5 Å². The number of nitrogens with one attached hydrogen (secondary N) is 1. The van der Waals surface area contributed by atoms with Crippen LogP contribution >= 0.6 is 28.3 Å². The summed E-state index contributed by atoms with van der Waals surface area (Å²) in [7, 11) is -4.16. The average molecular weight is 398 g/mol. The Hall–Kier alpha value is -0.350. The second kappa shape index (κ2) is 7.08. The zero-order valence-corrected chi connectivity index (χ0v) is 13.5. The monoisotopic (exact) mass is 396 g/mol. The van der Waals surface area contributed by atoms with Crippen LogP contribution in [0.25, 0.3) is 0 Å². The van der Waals surface area contributed by atoms with E-state index in [2.05, 4.69) is 15.9 Å². The molecule has 0 aliphatic rings. The van der Waals surface area contributed by atoms with Crippen LogP contribution in [-0.4, -0.2) is 27.4 Å². The van der Waals surface area contributed by atoms with E-state index in [4.69, 9.17) is 5.73 Å². The summed E-state index contributed by atoms with van der Waals surface area (Å²) in [5.41, 5.74) is 4.92. The quantitative estimate of drug-likeness (QED) is 0.800. The molecular formula is C10H13BrClF3N2O2S. The molecule has 0 radical (unpaired) electrons. The fourth-order valence-corrected chi connectivity index (χ4v) is 3.08. The third-order valence-electron chi connectivity index (χ3n) is 2.33. The normalized spacial score (nSPS) is 12.1. The molecule has 0 atom stereocenters. The first kappa shape index (κ1) is 19.7. The molecular weight excluding hydrogens is 385 g/mol. The highest BCUT2D eigenvalue weighted by molar-refractivity contribution is 9.10. The fraction of sp³-hybridized carbons (Fsp3) is 0.400. The summed E-state index contributed by atoms with van der Waals surface area (Å²) in [6, 6.07) is 2.02. The van der Waals surface area contributed by atoms with Crippen molar-refractivity contribution in [2.75, 3.05) is 13.1 Å². The van der Waals surface area contributed by atoms with Gasteiger partial charge >= 0.3 is 0 Å². The third-order valence-corrected chi connectivity index (χ3v) is 4.48. The lowest BCUT2D eigenvalue weighted by molar-refractivity contribution is 0.0170. The Bertz CT molecular complexity index is 584. The van der Waals surface area contributed by atoms with E-state index in [9.17, 15) is 21.6 Å². The van der Waals surface area contributed by atoms with E-state index >= 15 is 0 Å². The lowest BCUT2D eigenvalue weighted by Crippen LogP contribution is -2.41. The van der Waals surface area contributed by atoms with E-state index in [1.54, 1.807) is 4.72 Å². The zero-order valence-electron chi connectivity index (χ0n) is 10.3. The molecule has 0 saturated carbocycles. The van der Waals surface area contributed by atoms with Crippen LogP contribution < -0.4 is 10.5 Å². The number of rotatable bonds is 5. The molecule has 0 aliphatic carbocycles. The predicted octanol–water partition coefficient (Wildman–Crippen LogP) is 2.19. The molecule has 20 heavy (non-hydrogen) atoms. The van der Waals surface area contributed by atoms with Gasteiger partial charge in [0.1, 0.15) is 5.82 Å². The molecule has 0 amide bonds. The van der Waals surface area contributed by atoms with E-state index in [0.717, 1.165) is 12.1 Å². The van der Waals surface area contributed by atoms with Gasteiger partial charge in [-0.2, -0.15) is 0 Å². The van der Waals surface area contributed by atoms with Crippen LogP contribution in [-0.2, 0) is 10.0 Å². The van der Waals surface area contributed by atoms with Crippen LogP contribution in [0.3, 0.4) is 0 Å². The molecule has 116 valence electrons. The number of halogens is 5. The van der Waals surface area contributed by atoms with Crippen molar-refractivity contribution in [3.05, 3.63) is 28.0 Å². The molecule has 1 aromatic rings. The molecule has 0 heterocycles. The number of hydrogen-bond acceptors (Lipinski definition) is 3. The Kier molecular flexibility index (Phi) is 6.95. The van der Waals surface area contributed by atoms with Crippen LogP contribution in [0.5, 0.6) is 0 Å². The smallest absolute Gasteiger partial charge is 0.273 e. The number of alkyl halides is 2. The molecule has 0 fully saturated rings. The van der Waals surface area contributed by atoms with E-state index in [0.29, 0.717) is 0 Å². The number of aryl methyl sites for hydroxylation is 1. The molecule has 0 saturated heterocycles. The van der Waals surface area contributed by atoms with Gasteiger partial charge in [0.2, 0.25) is 10.0 Å². The largest absolute Gasteiger partial charge is 0.325 e. The summed E-state index contributed by atoms with van der Waals surface area (Å²) in [5.74, 6) is -3.97. The Labute approximate surface area is 129 Å². The van der Waals surface area contributed by atoms with Crippen LogP contribution in [0, 0.1) is 12.7 Å². The van der Waals surface area contributed by atoms with Crippen molar-refractivity contribution in [3.63, 3.8) is 0 Å². The van der Waals surface area contributed by atoms with Crippen LogP contribution in [0.15, 0.2) is 21.5 Å². The van der Waals surface area contributed by atoms with Crippen LogP contribution in [0.2, 0.25) is 0 Å². The van der Waals surface area contributed by atoms with Crippen molar-refractivity contribution in [1.82, 2.24) is 4.72 Å². The minimum Gasteiger partial charge on any atom is -0.325 e. The highest BCUT2D eigenvalue weighted by Gasteiger charge is 2.30. The van der Waals surface area contributed by atoms with E-state index in [-0.39, 0.29) is 27.3 Å². The van der Waals surface area contributed by atoms with Crippen molar-refractivity contribution in [2.45, 2.75) is 17.7 Å². The first-order valence-corrected chi connectivity index (χ1v) is 7.40. The Morgan fingerprint density at radius 1 is 1.40 bits per heavy atom. The van der Waals surface area contributed by atoms with Crippen LogP contribution in [0.4, 0.5) is 13.2 Å². The Morgan fingerprint density at radius 2 is 1.95 bits per heavy atom. The SMILES string of the molecule is Cc1cc(F)c(Br)cc1S(=O)(=O)NCC(F)(F)CN.Cl. The fourth-order valence-electron chi connectivity index (χ4n) is 1.27. The van der Waals surface area contributed by atoms with Gasteiger partial charge in [-0.05, 0) is 40.5 Å². The van der Waals surface area contributed by atoms with Gasteiger partial charge in [-0.3, -0.25) is 0 Å². The Balaban J connectivity index is 0.00000361. The van der Waals surface area contributed by atoms with Crippen molar-refractivity contribution in [2.24, 2.45) is 5.73 Å². The molecule has 1 aromatic carbocycles. The zero-order chi connectivity index (χ0) is 14.8. The first-order valence-electron chi connectivity index (χ1n) is 5.12. The maximum atomic E-state index is 13.2. The maximum Gasteiger partial charge on any atom is 0.273 e. The van der Waals surface area contributed by atoms with Gasteiger partial charge < -0.3 is 5.73 Å². The minimum absolute atomic E-state index is 0. The van der Waals surface area contributed by atoms with Gasteiger partial charge in [-0.1, -0.05) is 0 Å². The van der Waals surface area contributed by atoms with Crippen molar-refractivity contribution in [1.29, 1.82) is 0 Å². The summed E-state index contributed by atoms with van der Waals surface area (Å²) in [6.07, 6.45) is 0. The van der Waals surface area contributed by atoms with Crippen molar-refractivity contribution >= 4 is 38.4 Å². The number of hydrogen-bond donors (Lipinski definition) is 2. The topological polar surface area (TPSA) is 72.2 Å². The first-order chi connectivity index (χ1) is 8.59. The number of benzene rings is 1. The maximum absolute atomic E-state index is 13.2. The molecule has 0 aliphatic heterocycles. The van der Waals surface area contributed by atoms with Crippen LogP contribution in [0.1, 0.15) is 5.56 Å². The molecule has 0 spiro atoms. The molecule has 3 N–H and O–H groups in total. The van der Waals surface area contributed by atoms with Gasteiger partial charge in [-0.15, -0.1) is 12.4 Å². The standard InChI is InChI=1S/C10H12BrF3N2O2S.ClH/c1-6-2-8(12)7(11)3-9(6)19(17,18)16-5-10(13,14)4-15;/h2-3,16H,4-5,15H2,1H3;1H.